The Morgan fingerprint density at radius 3 is 2.21 bits per heavy atom. The van der Waals surface area contributed by atoms with Crippen LogP contribution in [0, 0.1) is 19.3 Å². The summed E-state index contributed by atoms with van der Waals surface area (Å²) in [6.07, 6.45) is 0.932. The number of ether oxygens (including phenoxy) is 1. The van der Waals surface area contributed by atoms with E-state index in [-0.39, 0.29) is 10.3 Å². The summed E-state index contributed by atoms with van der Waals surface area (Å²) in [5.74, 6) is 0.714. The van der Waals surface area contributed by atoms with Crippen molar-refractivity contribution in [2.45, 2.75) is 45.9 Å². The highest BCUT2D eigenvalue weighted by atomic mass is 35.7. The Hall–Kier alpha value is -0.740. The van der Waals surface area contributed by atoms with Crippen LogP contribution >= 0.6 is 10.7 Å². The highest BCUT2D eigenvalue weighted by Gasteiger charge is 2.16. The molecule has 1 aromatic rings. The smallest absolute Gasteiger partial charge is 0.261 e. The van der Waals surface area contributed by atoms with Gasteiger partial charge in [0.15, 0.2) is 0 Å². The van der Waals surface area contributed by atoms with Gasteiger partial charge in [0.1, 0.15) is 5.75 Å². The quantitative estimate of drug-likeness (QED) is 0.788. The number of hydrogen-bond acceptors (Lipinski definition) is 3. The van der Waals surface area contributed by atoms with Gasteiger partial charge in [-0.3, -0.25) is 0 Å². The fourth-order valence-corrected chi connectivity index (χ4v) is 2.91. The molecule has 0 spiro atoms. The maximum atomic E-state index is 11.4. The molecule has 1 aromatic carbocycles. The lowest BCUT2D eigenvalue weighted by atomic mass is 9.93. The largest absolute Gasteiger partial charge is 0.493 e. The Balaban J connectivity index is 2.91. The molecule has 0 aromatic heterocycles. The van der Waals surface area contributed by atoms with Crippen molar-refractivity contribution in [1.29, 1.82) is 0 Å². The number of halogens is 1. The zero-order valence-corrected chi connectivity index (χ0v) is 13.7. The fourth-order valence-electron chi connectivity index (χ4n) is 1.65. The molecule has 0 atom stereocenters. The Morgan fingerprint density at radius 2 is 1.74 bits per heavy atom. The second-order valence-electron chi connectivity index (χ2n) is 5.98. The van der Waals surface area contributed by atoms with Crippen molar-refractivity contribution in [3.8, 4) is 5.75 Å². The predicted molar refractivity (Wildman–Crippen MR) is 78.5 cm³/mol. The topological polar surface area (TPSA) is 43.4 Å². The average molecular weight is 305 g/mol. The zero-order valence-electron chi connectivity index (χ0n) is 12.1. The van der Waals surface area contributed by atoms with Gasteiger partial charge in [0.25, 0.3) is 9.05 Å². The van der Waals surface area contributed by atoms with E-state index < -0.39 is 9.05 Å². The summed E-state index contributed by atoms with van der Waals surface area (Å²) in [5, 5.41) is 0. The summed E-state index contributed by atoms with van der Waals surface area (Å²) in [5.41, 5.74) is 1.59. The van der Waals surface area contributed by atoms with Gasteiger partial charge in [-0.05, 0) is 48.9 Å². The van der Waals surface area contributed by atoms with E-state index in [1.165, 1.54) is 0 Å². The van der Waals surface area contributed by atoms with E-state index in [0.717, 1.165) is 12.0 Å². The molecule has 0 fully saturated rings. The van der Waals surface area contributed by atoms with E-state index in [9.17, 15) is 8.42 Å². The van der Waals surface area contributed by atoms with E-state index in [0.29, 0.717) is 17.9 Å². The molecular weight excluding hydrogens is 284 g/mol. The van der Waals surface area contributed by atoms with Crippen molar-refractivity contribution in [2.24, 2.45) is 5.41 Å². The molecule has 0 bridgehead atoms. The van der Waals surface area contributed by atoms with Crippen LogP contribution in [0.15, 0.2) is 17.0 Å². The lowest BCUT2D eigenvalue weighted by Gasteiger charge is -2.19. The van der Waals surface area contributed by atoms with Crippen molar-refractivity contribution >= 4 is 19.7 Å². The molecule has 0 unspecified atom stereocenters. The summed E-state index contributed by atoms with van der Waals surface area (Å²) >= 11 is 0. The van der Waals surface area contributed by atoms with Crippen LogP contribution in [0.5, 0.6) is 5.75 Å². The third-order valence-corrected chi connectivity index (χ3v) is 4.31. The lowest BCUT2D eigenvalue weighted by Crippen LogP contribution is -2.11. The normalized spacial score (nSPS) is 12.5. The van der Waals surface area contributed by atoms with Gasteiger partial charge < -0.3 is 4.74 Å². The number of rotatable bonds is 4. The molecule has 0 saturated carbocycles. The zero-order chi connectivity index (χ0) is 14.8. The van der Waals surface area contributed by atoms with Crippen LogP contribution in [-0.2, 0) is 9.05 Å². The van der Waals surface area contributed by atoms with Gasteiger partial charge in [0.05, 0.1) is 11.5 Å². The van der Waals surface area contributed by atoms with Crippen LogP contribution in [0.3, 0.4) is 0 Å². The van der Waals surface area contributed by atoms with Gasteiger partial charge in [-0.25, -0.2) is 8.42 Å². The van der Waals surface area contributed by atoms with Crippen LogP contribution in [0.25, 0.3) is 0 Å². The molecule has 0 aliphatic carbocycles. The maximum absolute atomic E-state index is 11.4. The van der Waals surface area contributed by atoms with Gasteiger partial charge in [0.2, 0.25) is 0 Å². The number of hydrogen-bond donors (Lipinski definition) is 0. The van der Waals surface area contributed by atoms with Gasteiger partial charge in [0, 0.05) is 10.7 Å². The van der Waals surface area contributed by atoms with Crippen molar-refractivity contribution in [1.82, 2.24) is 0 Å². The Morgan fingerprint density at radius 1 is 1.16 bits per heavy atom. The molecule has 0 saturated heterocycles. The van der Waals surface area contributed by atoms with Crippen LogP contribution in [0.1, 0.15) is 38.3 Å². The second-order valence-corrected chi connectivity index (χ2v) is 8.51. The molecule has 108 valence electrons. The number of benzene rings is 1. The third kappa shape index (κ3) is 5.03. The maximum Gasteiger partial charge on any atom is 0.261 e. The molecule has 1 rings (SSSR count). The minimum Gasteiger partial charge on any atom is -0.493 e. The van der Waals surface area contributed by atoms with Crippen LogP contribution in [0.2, 0.25) is 0 Å². The Labute approximate surface area is 120 Å². The highest BCUT2D eigenvalue weighted by Crippen LogP contribution is 2.28. The average Bonchev–Trinajstić information content (AvgIpc) is 2.19. The van der Waals surface area contributed by atoms with Crippen LogP contribution in [0.4, 0.5) is 0 Å². The van der Waals surface area contributed by atoms with Crippen molar-refractivity contribution in [2.75, 3.05) is 6.61 Å². The van der Waals surface area contributed by atoms with Gasteiger partial charge in [-0.15, -0.1) is 0 Å². The predicted octanol–water partition coefficient (Wildman–Crippen LogP) is 4.05. The van der Waals surface area contributed by atoms with E-state index in [1.807, 2.05) is 6.92 Å². The van der Waals surface area contributed by atoms with E-state index >= 15 is 0 Å². The molecule has 0 aliphatic heterocycles. The monoisotopic (exact) mass is 304 g/mol. The SMILES string of the molecule is Cc1cc(S(=O)(=O)Cl)c(C)cc1OCCC(C)(C)C. The Kier molecular flexibility index (Phi) is 4.91. The summed E-state index contributed by atoms with van der Waals surface area (Å²) < 4.78 is 28.5. The molecule has 0 radical (unpaired) electrons. The standard InChI is InChI=1S/C14H21ClO3S/c1-10-9-13(19(15,16)17)11(2)8-12(10)18-7-6-14(3,4)5/h8-9H,6-7H2,1-5H3. The molecule has 0 N–H and O–H groups in total. The summed E-state index contributed by atoms with van der Waals surface area (Å²) in [6.45, 7) is 10.6. The fraction of sp³-hybridized carbons (Fsp3) is 0.571. The molecule has 0 heterocycles. The summed E-state index contributed by atoms with van der Waals surface area (Å²) in [4.78, 5) is 0.148. The van der Waals surface area contributed by atoms with Crippen LogP contribution < -0.4 is 4.74 Å². The van der Waals surface area contributed by atoms with Crippen LogP contribution in [-0.4, -0.2) is 15.0 Å². The lowest BCUT2D eigenvalue weighted by molar-refractivity contribution is 0.241. The van der Waals surface area contributed by atoms with Crippen molar-refractivity contribution in [3.63, 3.8) is 0 Å². The molecular formula is C14H21ClO3S. The Bertz CT molecular complexity index is 557. The first kappa shape index (κ1) is 16.3. The minimum absolute atomic E-state index is 0.148. The first-order valence-electron chi connectivity index (χ1n) is 6.19. The van der Waals surface area contributed by atoms with E-state index in [1.54, 1.807) is 19.1 Å². The van der Waals surface area contributed by atoms with Crippen molar-refractivity contribution < 1.29 is 13.2 Å². The third-order valence-electron chi connectivity index (χ3n) is 2.84. The van der Waals surface area contributed by atoms with E-state index in [4.69, 9.17) is 15.4 Å². The van der Waals surface area contributed by atoms with Gasteiger partial charge >= 0.3 is 0 Å². The first-order chi connectivity index (χ1) is 8.50. The molecule has 5 heteroatoms. The summed E-state index contributed by atoms with van der Waals surface area (Å²) in [7, 11) is 1.68. The second kappa shape index (κ2) is 5.71. The molecule has 0 amide bonds. The first-order valence-corrected chi connectivity index (χ1v) is 8.50. The number of aryl methyl sites for hydroxylation is 2. The van der Waals surface area contributed by atoms with Gasteiger partial charge in [-0.2, -0.15) is 0 Å². The highest BCUT2D eigenvalue weighted by molar-refractivity contribution is 8.13. The molecule has 3 nitrogen and oxygen atoms in total. The van der Waals surface area contributed by atoms with Crippen molar-refractivity contribution in [3.05, 3.63) is 23.3 Å². The van der Waals surface area contributed by atoms with E-state index in [2.05, 4.69) is 20.8 Å². The summed E-state index contributed by atoms with van der Waals surface area (Å²) in [6, 6.07) is 3.29. The minimum atomic E-state index is -3.70. The molecule has 19 heavy (non-hydrogen) atoms. The van der Waals surface area contributed by atoms with Gasteiger partial charge in [-0.1, -0.05) is 20.8 Å². The molecule has 0 aliphatic rings.